The molecule has 1 N–H and O–H groups in total. The lowest BCUT2D eigenvalue weighted by atomic mass is 10.00. The zero-order valence-electron chi connectivity index (χ0n) is 14.2. The van der Waals surface area contributed by atoms with Crippen molar-refractivity contribution in [1.82, 2.24) is 9.97 Å². The molecule has 0 bridgehead atoms. The highest BCUT2D eigenvalue weighted by Gasteiger charge is 2.20. The predicted molar refractivity (Wildman–Crippen MR) is 96.7 cm³/mol. The van der Waals surface area contributed by atoms with Crippen molar-refractivity contribution >= 4 is 29.1 Å². The predicted octanol–water partition coefficient (Wildman–Crippen LogP) is 4.07. The molecule has 25 heavy (non-hydrogen) atoms. The lowest BCUT2D eigenvalue weighted by Crippen LogP contribution is -2.34. The van der Waals surface area contributed by atoms with E-state index in [0.29, 0.717) is 17.6 Å². The first-order chi connectivity index (χ1) is 11.9. The summed E-state index contributed by atoms with van der Waals surface area (Å²) in [7, 11) is 0. The van der Waals surface area contributed by atoms with Crippen molar-refractivity contribution < 1.29 is 9.18 Å². The summed E-state index contributed by atoms with van der Waals surface area (Å²) in [6.45, 7) is 5.85. The lowest BCUT2D eigenvalue weighted by molar-refractivity contribution is 0.102. The van der Waals surface area contributed by atoms with Crippen molar-refractivity contribution in [3.63, 3.8) is 0 Å². The van der Waals surface area contributed by atoms with Crippen LogP contribution in [0.5, 0.6) is 0 Å². The van der Waals surface area contributed by atoms with Crippen LogP contribution in [-0.2, 0) is 0 Å². The Bertz CT molecular complexity index is 791. The number of anilines is 2. The first-order valence-corrected chi connectivity index (χ1v) is 8.67. The molecule has 132 valence electrons. The van der Waals surface area contributed by atoms with Crippen LogP contribution in [0.4, 0.5) is 16.0 Å². The molecule has 3 rings (SSSR count). The van der Waals surface area contributed by atoms with Crippen LogP contribution in [0, 0.1) is 18.7 Å². The van der Waals surface area contributed by atoms with Gasteiger partial charge in [-0.2, -0.15) is 0 Å². The number of amides is 1. The number of carbonyl (C=O) groups is 1. The lowest BCUT2D eigenvalue weighted by Gasteiger charge is -2.30. The van der Waals surface area contributed by atoms with Crippen LogP contribution in [0.25, 0.3) is 0 Å². The molecule has 0 spiro atoms. The third-order valence-electron chi connectivity index (χ3n) is 4.32. The Morgan fingerprint density at radius 3 is 2.68 bits per heavy atom. The number of aryl methyl sites for hydroxylation is 1. The van der Waals surface area contributed by atoms with E-state index in [-0.39, 0.29) is 16.6 Å². The minimum atomic E-state index is -0.529. The quantitative estimate of drug-likeness (QED) is 0.894. The van der Waals surface area contributed by atoms with E-state index in [2.05, 4.69) is 27.1 Å². The number of nitrogens with one attached hydrogen (secondary N) is 1. The van der Waals surface area contributed by atoms with Crippen molar-refractivity contribution in [3.05, 3.63) is 46.5 Å². The number of hydrogen-bond donors (Lipinski definition) is 1. The number of benzene rings is 1. The van der Waals surface area contributed by atoms with E-state index in [0.717, 1.165) is 31.6 Å². The molecule has 2 aromatic rings. The molecule has 1 amide bonds. The summed E-state index contributed by atoms with van der Waals surface area (Å²) in [5, 5.41) is 2.65. The Kier molecular flexibility index (Phi) is 5.18. The maximum absolute atomic E-state index is 13.2. The third-order valence-corrected chi connectivity index (χ3v) is 4.61. The van der Waals surface area contributed by atoms with Crippen LogP contribution in [-0.4, -0.2) is 29.0 Å². The topological polar surface area (TPSA) is 58.1 Å². The van der Waals surface area contributed by atoms with Gasteiger partial charge in [0.1, 0.15) is 11.5 Å². The van der Waals surface area contributed by atoms with Gasteiger partial charge in [0.2, 0.25) is 5.95 Å². The molecule has 1 aliphatic heterocycles. The Morgan fingerprint density at radius 1 is 1.28 bits per heavy atom. The van der Waals surface area contributed by atoms with Gasteiger partial charge in [-0.25, -0.2) is 14.4 Å². The second kappa shape index (κ2) is 7.35. The molecular formula is C18H20ClFN4O. The fourth-order valence-electron chi connectivity index (χ4n) is 2.79. The number of nitrogens with zero attached hydrogens (tertiary/aromatic N) is 3. The summed E-state index contributed by atoms with van der Waals surface area (Å²) >= 11 is 5.75. The van der Waals surface area contributed by atoms with Gasteiger partial charge in [-0.15, -0.1) is 0 Å². The zero-order chi connectivity index (χ0) is 18.0. The molecule has 5 nitrogen and oxygen atoms in total. The fraction of sp³-hybridized carbons (Fsp3) is 0.389. The molecular weight excluding hydrogens is 343 g/mol. The smallest absolute Gasteiger partial charge is 0.274 e. The molecule has 1 aromatic carbocycles. The molecule has 1 aromatic heterocycles. The van der Waals surface area contributed by atoms with E-state index in [1.54, 1.807) is 6.07 Å². The highest BCUT2D eigenvalue weighted by atomic mass is 35.5. The van der Waals surface area contributed by atoms with Gasteiger partial charge in [-0.3, -0.25) is 4.79 Å². The highest BCUT2D eigenvalue weighted by molar-refractivity contribution is 6.31. The minimum Gasteiger partial charge on any atom is -0.341 e. The Labute approximate surface area is 151 Å². The second-order valence-corrected chi connectivity index (χ2v) is 6.85. The van der Waals surface area contributed by atoms with E-state index < -0.39 is 5.82 Å². The number of piperidine rings is 1. The monoisotopic (exact) mass is 362 g/mol. The van der Waals surface area contributed by atoms with Gasteiger partial charge >= 0.3 is 0 Å². The van der Waals surface area contributed by atoms with Crippen molar-refractivity contribution in [2.75, 3.05) is 23.3 Å². The van der Waals surface area contributed by atoms with Crippen LogP contribution < -0.4 is 10.2 Å². The number of halogens is 2. The Morgan fingerprint density at radius 2 is 2.00 bits per heavy atom. The number of hydrogen-bond acceptors (Lipinski definition) is 4. The Balaban J connectivity index is 1.79. The van der Waals surface area contributed by atoms with Gasteiger partial charge in [0.15, 0.2) is 0 Å². The molecule has 0 unspecified atom stereocenters. The zero-order valence-corrected chi connectivity index (χ0v) is 15.0. The molecule has 1 aliphatic rings. The molecule has 1 saturated heterocycles. The summed E-state index contributed by atoms with van der Waals surface area (Å²) in [6, 6.07) is 5.68. The van der Waals surface area contributed by atoms with Gasteiger partial charge in [0.25, 0.3) is 5.91 Å². The Hall–Kier alpha value is -2.21. The van der Waals surface area contributed by atoms with Gasteiger partial charge in [-0.05, 0) is 49.9 Å². The molecule has 0 saturated carbocycles. The van der Waals surface area contributed by atoms with Crippen LogP contribution in [0.1, 0.15) is 35.9 Å². The van der Waals surface area contributed by atoms with Crippen LogP contribution in [0.15, 0.2) is 24.3 Å². The average Bonchev–Trinajstić information content (AvgIpc) is 2.58. The molecule has 0 aliphatic carbocycles. The normalized spacial score (nSPS) is 15.3. The summed E-state index contributed by atoms with van der Waals surface area (Å²) < 4.78 is 13.2. The largest absolute Gasteiger partial charge is 0.341 e. The number of carbonyl (C=O) groups excluding carboxylic acids is 1. The summed E-state index contributed by atoms with van der Waals surface area (Å²) in [6.07, 6.45) is 2.18. The van der Waals surface area contributed by atoms with E-state index >= 15 is 0 Å². The van der Waals surface area contributed by atoms with Crippen LogP contribution >= 0.6 is 11.6 Å². The second-order valence-electron chi connectivity index (χ2n) is 6.45. The average molecular weight is 363 g/mol. The van der Waals surface area contributed by atoms with Crippen molar-refractivity contribution in [1.29, 1.82) is 0 Å². The van der Waals surface area contributed by atoms with Gasteiger partial charge < -0.3 is 10.2 Å². The van der Waals surface area contributed by atoms with Crippen molar-refractivity contribution in [3.8, 4) is 0 Å². The van der Waals surface area contributed by atoms with Crippen LogP contribution in [0.2, 0.25) is 5.02 Å². The van der Waals surface area contributed by atoms with E-state index in [1.165, 1.54) is 18.2 Å². The van der Waals surface area contributed by atoms with Crippen molar-refractivity contribution in [2.45, 2.75) is 26.7 Å². The summed E-state index contributed by atoms with van der Waals surface area (Å²) in [5.41, 5.74) is 1.42. The van der Waals surface area contributed by atoms with Crippen molar-refractivity contribution in [2.24, 2.45) is 5.92 Å². The van der Waals surface area contributed by atoms with E-state index in [1.807, 2.05) is 6.92 Å². The standard InChI is InChI=1S/C18H20ClFN4O/c1-11-5-7-24(8-6-11)18-21-12(2)9-16(23-18)17(25)22-13-3-4-15(20)14(19)10-13/h3-4,9-11H,5-8H2,1-2H3,(H,22,25). The van der Waals surface area contributed by atoms with Crippen LogP contribution in [0.3, 0.4) is 0 Å². The fourth-order valence-corrected chi connectivity index (χ4v) is 2.97. The number of rotatable bonds is 3. The molecule has 2 heterocycles. The van der Waals surface area contributed by atoms with Gasteiger partial charge in [0.05, 0.1) is 5.02 Å². The molecule has 0 radical (unpaired) electrons. The maximum atomic E-state index is 13.2. The SMILES string of the molecule is Cc1cc(C(=O)Nc2ccc(F)c(Cl)c2)nc(N2CCC(C)CC2)n1. The van der Waals surface area contributed by atoms with Gasteiger partial charge in [-0.1, -0.05) is 18.5 Å². The molecule has 0 atom stereocenters. The maximum Gasteiger partial charge on any atom is 0.274 e. The van der Waals surface area contributed by atoms with E-state index in [9.17, 15) is 9.18 Å². The highest BCUT2D eigenvalue weighted by Crippen LogP contribution is 2.22. The molecule has 7 heteroatoms. The summed E-state index contributed by atoms with van der Waals surface area (Å²) in [5.74, 6) is 0.375. The number of aromatic nitrogens is 2. The summed E-state index contributed by atoms with van der Waals surface area (Å²) in [4.78, 5) is 23.5. The minimum absolute atomic E-state index is 0.0419. The molecule has 1 fully saturated rings. The first kappa shape index (κ1) is 17.6. The first-order valence-electron chi connectivity index (χ1n) is 8.29. The third kappa shape index (κ3) is 4.25. The van der Waals surface area contributed by atoms with Gasteiger partial charge in [0, 0.05) is 24.5 Å². The van der Waals surface area contributed by atoms with E-state index in [4.69, 9.17) is 11.6 Å².